The lowest BCUT2D eigenvalue weighted by Gasteiger charge is -2.03. The SMILES string of the molecule is O=S(=O)(Nc1nc(=S)ss1)c1ccccc1. The van der Waals surface area contributed by atoms with E-state index in [1.807, 2.05) is 0 Å². The summed E-state index contributed by atoms with van der Waals surface area (Å²) >= 11 is 4.82. The zero-order chi connectivity index (χ0) is 11.6. The molecule has 0 saturated carbocycles. The molecule has 0 unspecified atom stereocenters. The first kappa shape index (κ1) is 11.6. The molecule has 0 atom stereocenters. The van der Waals surface area contributed by atoms with Crippen molar-refractivity contribution in [1.82, 2.24) is 4.98 Å². The molecule has 1 N–H and O–H groups in total. The van der Waals surface area contributed by atoms with Crippen LogP contribution in [-0.2, 0) is 10.0 Å². The quantitative estimate of drug-likeness (QED) is 0.697. The van der Waals surface area contributed by atoms with E-state index in [-0.39, 0.29) is 4.90 Å². The lowest BCUT2D eigenvalue weighted by molar-refractivity contribution is 0.601. The predicted molar refractivity (Wildman–Crippen MR) is 68.1 cm³/mol. The summed E-state index contributed by atoms with van der Waals surface area (Å²) in [7, 11) is -1.08. The van der Waals surface area contributed by atoms with E-state index in [1.165, 1.54) is 32.8 Å². The molecule has 2 rings (SSSR count). The average Bonchev–Trinajstić information content (AvgIpc) is 2.64. The summed E-state index contributed by atoms with van der Waals surface area (Å²) in [5.74, 6) is 0. The van der Waals surface area contributed by atoms with Gasteiger partial charge in [0.25, 0.3) is 10.0 Å². The molecule has 1 aromatic heterocycles. The van der Waals surface area contributed by atoms with Gasteiger partial charge in [-0.1, -0.05) is 18.2 Å². The smallest absolute Gasteiger partial charge is 0.254 e. The summed E-state index contributed by atoms with van der Waals surface area (Å²) in [4.78, 5) is 4.09. The Balaban J connectivity index is 2.31. The summed E-state index contributed by atoms with van der Waals surface area (Å²) in [5, 5.41) is 0.304. The Morgan fingerprint density at radius 1 is 1.19 bits per heavy atom. The van der Waals surface area contributed by atoms with E-state index in [0.29, 0.717) is 9.09 Å². The lowest BCUT2D eigenvalue weighted by atomic mass is 10.4. The Kier molecular flexibility index (Phi) is 3.33. The van der Waals surface area contributed by atoms with E-state index in [0.717, 1.165) is 0 Å². The van der Waals surface area contributed by atoms with Crippen molar-refractivity contribution in [2.45, 2.75) is 4.90 Å². The minimum Gasteiger partial charge on any atom is -0.254 e. The van der Waals surface area contributed by atoms with Crippen molar-refractivity contribution in [2.75, 3.05) is 4.72 Å². The van der Waals surface area contributed by atoms with E-state index in [1.54, 1.807) is 18.2 Å². The average molecular weight is 290 g/mol. The fourth-order valence-electron chi connectivity index (χ4n) is 1.01. The number of aromatic nitrogens is 1. The van der Waals surface area contributed by atoms with Crippen LogP contribution in [0.15, 0.2) is 35.2 Å². The molecule has 8 heteroatoms. The standard InChI is InChI=1S/C8H6N2O2S4/c11-16(12,6-4-2-1-3-5-6)10-7-9-8(13)15-14-7/h1-5H,(H,9,10,13). The number of sulfonamides is 1. The molecule has 0 aliphatic rings. The largest absolute Gasteiger partial charge is 0.263 e. The van der Waals surface area contributed by atoms with E-state index in [2.05, 4.69) is 9.71 Å². The molecule has 0 bridgehead atoms. The van der Waals surface area contributed by atoms with Gasteiger partial charge < -0.3 is 0 Å². The number of nitrogens with zero attached hydrogens (tertiary/aromatic N) is 1. The fraction of sp³-hybridized carbons (Fsp3) is 0. The summed E-state index contributed by atoms with van der Waals surface area (Å²) in [6.07, 6.45) is 0. The molecule has 0 aliphatic heterocycles. The van der Waals surface area contributed by atoms with E-state index in [4.69, 9.17) is 12.2 Å². The number of rotatable bonds is 3. The highest BCUT2D eigenvalue weighted by molar-refractivity contribution is 7.93. The zero-order valence-electron chi connectivity index (χ0n) is 7.78. The van der Waals surface area contributed by atoms with Crippen molar-refractivity contribution in [3.8, 4) is 0 Å². The minimum atomic E-state index is -3.54. The molecule has 4 nitrogen and oxygen atoms in total. The van der Waals surface area contributed by atoms with Gasteiger partial charge >= 0.3 is 0 Å². The third-order valence-corrected chi connectivity index (χ3v) is 5.67. The third kappa shape index (κ3) is 2.64. The zero-order valence-corrected chi connectivity index (χ0v) is 11.0. The Labute approximate surface area is 105 Å². The molecule has 1 aromatic carbocycles. The molecular formula is C8H6N2O2S4. The highest BCUT2D eigenvalue weighted by Crippen LogP contribution is 2.22. The summed E-state index contributed by atoms with van der Waals surface area (Å²) in [6, 6.07) is 8.13. The first-order valence-corrected chi connectivity index (χ1v) is 8.17. The second-order valence-corrected chi connectivity index (χ2v) is 7.20. The number of hydrogen-bond donors (Lipinski definition) is 1. The Bertz CT molecular complexity index is 629. The van der Waals surface area contributed by atoms with E-state index >= 15 is 0 Å². The van der Waals surface area contributed by atoms with Crippen LogP contribution in [0.1, 0.15) is 0 Å². The maximum absolute atomic E-state index is 11.8. The summed E-state index contributed by atoms with van der Waals surface area (Å²) in [6.45, 7) is 0. The van der Waals surface area contributed by atoms with E-state index < -0.39 is 10.0 Å². The van der Waals surface area contributed by atoms with Crippen LogP contribution in [0.4, 0.5) is 5.13 Å². The molecule has 0 amide bonds. The monoisotopic (exact) mass is 290 g/mol. The van der Waals surface area contributed by atoms with Gasteiger partial charge in [0, 0.05) is 0 Å². The molecule has 16 heavy (non-hydrogen) atoms. The molecule has 0 spiro atoms. The Morgan fingerprint density at radius 2 is 1.88 bits per heavy atom. The number of nitrogens with one attached hydrogen (secondary N) is 1. The van der Waals surface area contributed by atoms with Gasteiger partial charge in [0.2, 0.25) is 5.13 Å². The van der Waals surface area contributed by atoms with E-state index in [9.17, 15) is 8.42 Å². The van der Waals surface area contributed by atoms with Crippen LogP contribution in [0.3, 0.4) is 0 Å². The van der Waals surface area contributed by atoms with Crippen molar-refractivity contribution in [3.05, 3.63) is 34.3 Å². The minimum absolute atomic E-state index is 0.209. The first-order valence-electron chi connectivity index (χ1n) is 4.13. The molecular weight excluding hydrogens is 284 g/mol. The molecule has 0 aliphatic carbocycles. The lowest BCUT2D eigenvalue weighted by Crippen LogP contribution is -2.12. The van der Waals surface area contributed by atoms with Gasteiger partial charge in [-0.15, -0.1) is 0 Å². The normalized spacial score (nSPS) is 11.2. The molecule has 0 saturated heterocycles. The van der Waals surface area contributed by atoms with Gasteiger partial charge in [-0.25, -0.2) is 8.42 Å². The van der Waals surface area contributed by atoms with Crippen molar-refractivity contribution in [3.63, 3.8) is 0 Å². The maximum Gasteiger partial charge on any atom is 0.263 e. The third-order valence-electron chi connectivity index (χ3n) is 1.66. The van der Waals surface area contributed by atoms with Gasteiger partial charge in [-0.2, -0.15) is 4.98 Å². The maximum atomic E-state index is 11.8. The topological polar surface area (TPSA) is 59.1 Å². The van der Waals surface area contributed by atoms with Crippen molar-refractivity contribution in [1.29, 1.82) is 0 Å². The van der Waals surface area contributed by atoms with Crippen LogP contribution >= 0.6 is 32.9 Å². The van der Waals surface area contributed by atoms with Crippen LogP contribution in [0.5, 0.6) is 0 Å². The van der Waals surface area contributed by atoms with Crippen LogP contribution in [0, 0.1) is 3.95 Å². The van der Waals surface area contributed by atoms with Gasteiger partial charge in [0.1, 0.15) is 0 Å². The second kappa shape index (κ2) is 4.58. The molecule has 2 aromatic rings. The van der Waals surface area contributed by atoms with Crippen LogP contribution in [-0.4, -0.2) is 13.4 Å². The highest BCUT2D eigenvalue weighted by atomic mass is 32.9. The molecule has 1 heterocycles. The second-order valence-electron chi connectivity index (χ2n) is 2.77. The van der Waals surface area contributed by atoms with Gasteiger partial charge in [-0.3, -0.25) is 4.72 Å². The van der Waals surface area contributed by atoms with Crippen LogP contribution < -0.4 is 4.72 Å². The number of hydrogen-bond acceptors (Lipinski definition) is 6. The van der Waals surface area contributed by atoms with Crippen molar-refractivity contribution >= 4 is 48.1 Å². The Hall–Kier alpha value is -0.830. The molecule has 0 fully saturated rings. The van der Waals surface area contributed by atoms with Crippen molar-refractivity contribution in [2.24, 2.45) is 0 Å². The van der Waals surface area contributed by atoms with Gasteiger partial charge in [0.05, 0.1) is 4.90 Å². The Morgan fingerprint density at radius 3 is 2.44 bits per heavy atom. The summed E-state index contributed by atoms with van der Waals surface area (Å²) < 4.78 is 26.5. The predicted octanol–water partition coefficient (Wildman–Crippen LogP) is 2.73. The fourth-order valence-corrected chi connectivity index (χ4v) is 4.28. The summed E-state index contributed by atoms with van der Waals surface area (Å²) in [5.41, 5.74) is 0. The van der Waals surface area contributed by atoms with Gasteiger partial charge in [-0.05, 0) is 45.0 Å². The van der Waals surface area contributed by atoms with Crippen LogP contribution in [0.2, 0.25) is 0 Å². The first-order chi connectivity index (χ1) is 7.58. The molecule has 84 valence electrons. The number of benzene rings is 1. The number of anilines is 1. The van der Waals surface area contributed by atoms with Gasteiger partial charge in [0.15, 0.2) is 3.95 Å². The molecule has 0 radical (unpaired) electrons. The highest BCUT2D eigenvalue weighted by Gasteiger charge is 2.14. The van der Waals surface area contributed by atoms with Crippen LogP contribution in [0.25, 0.3) is 0 Å². The van der Waals surface area contributed by atoms with Crippen molar-refractivity contribution < 1.29 is 8.42 Å².